The molecule has 6 aliphatic rings. The highest BCUT2D eigenvalue weighted by Gasteiger charge is 2.64. The molecule has 0 amide bonds. The number of halogens is 2. The molecule has 1 aromatic heterocycles. The van der Waals surface area contributed by atoms with Crippen molar-refractivity contribution in [3.63, 3.8) is 0 Å². The maximum atomic E-state index is 15.5. The highest BCUT2D eigenvalue weighted by molar-refractivity contribution is 8.24. The number of alkyl halides is 2. The first-order valence-electron chi connectivity index (χ1n) is 12.3. The quantitative estimate of drug-likeness (QED) is 0.575. The Morgan fingerprint density at radius 3 is 2.31 bits per heavy atom. The van der Waals surface area contributed by atoms with E-state index < -0.39 is 27.5 Å². The van der Waals surface area contributed by atoms with Crippen LogP contribution in [0.5, 0.6) is 0 Å². The fraction of sp³-hybridized carbons (Fsp3) is 0.792. The summed E-state index contributed by atoms with van der Waals surface area (Å²) in [4.78, 5) is 7.11. The van der Waals surface area contributed by atoms with E-state index in [9.17, 15) is 9.11 Å². The van der Waals surface area contributed by atoms with E-state index in [1.54, 1.807) is 0 Å². The van der Waals surface area contributed by atoms with Gasteiger partial charge in [-0.1, -0.05) is 0 Å². The highest BCUT2D eigenvalue weighted by Crippen LogP contribution is 2.63. The molecule has 2 heterocycles. The van der Waals surface area contributed by atoms with Gasteiger partial charge in [0.25, 0.3) is 0 Å². The summed E-state index contributed by atoms with van der Waals surface area (Å²) >= 11 is 0. The number of anilines is 1. The lowest BCUT2D eigenvalue weighted by Crippen LogP contribution is -2.65. The largest absolute Gasteiger partial charge is 0.378 e. The Labute approximate surface area is 190 Å². The molecule has 2 atom stereocenters. The molecule has 5 fully saturated rings. The summed E-state index contributed by atoms with van der Waals surface area (Å²) in [6, 6.07) is 0. The van der Waals surface area contributed by atoms with Crippen molar-refractivity contribution in [1.29, 1.82) is 0 Å². The molecule has 0 spiro atoms. The fourth-order valence-corrected chi connectivity index (χ4v) is 9.13. The van der Waals surface area contributed by atoms with Crippen molar-refractivity contribution in [1.82, 2.24) is 9.88 Å². The van der Waals surface area contributed by atoms with Gasteiger partial charge in [0.1, 0.15) is 11.3 Å². The molecule has 1 saturated heterocycles. The second-order valence-corrected chi connectivity index (χ2v) is 13.9. The summed E-state index contributed by atoms with van der Waals surface area (Å²) in [5, 5.41) is 3.69. The first-order chi connectivity index (χ1) is 15.1. The van der Waals surface area contributed by atoms with E-state index in [1.165, 1.54) is 11.1 Å². The van der Waals surface area contributed by atoms with Gasteiger partial charge in [-0.3, -0.25) is 19.0 Å². The van der Waals surface area contributed by atoms with Gasteiger partial charge in [-0.05, 0) is 62.0 Å². The van der Waals surface area contributed by atoms with Gasteiger partial charge in [0.15, 0.2) is 0 Å². The Balaban J connectivity index is 1.26. The number of hydrogen-bond acceptors (Lipinski definition) is 5. The second kappa shape index (κ2) is 7.27. The second-order valence-electron chi connectivity index (χ2n) is 11.5. The summed E-state index contributed by atoms with van der Waals surface area (Å²) in [6.45, 7) is 2.09. The van der Waals surface area contributed by atoms with Crippen LogP contribution in [-0.2, 0) is 19.4 Å². The van der Waals surface area contributed by atoms with Crippen LogP contribution < -0.4 is 5.32 Å². The van der Waals surface area contributed by atoms with Crippen molar-refractivity contribution < 1.29 is 17.9 Å². The monoisotopic (exact) mass is 467 g/mol. The zero-order chi connectivity index (χ0) is 22.2. The molecule has 1 aromatic rings. The van der Waals surface area contributed by atoms with Crippen LogP contribution in [-0.4, -0.2) is 60.5 Å². The van der Waals surface area contributed by atoms with E-state index >= 15 is 8.78 Å². The molecule has 4 bridgehead atoms. The molecule has 2 unspecified atom stereocenters. The number of fused-ring (bicyclic) bond motifs is 1. The van der Waals surface area contributed by atoms with Crippen LogP contribution in [0.2, 0.25) is 0 Å². The minimum atomic E-state index is -2.40. The third kappa shape index (κ3) is 3.85. The van der Waals surface area contributed by atoms with Crippen LogP contribution in [0.15, 0.2) is 6.20 Å². The molecule has 8 heteroatoms. The third-order valence-corrected chi connectivity index (χ3v) is 10.3. The summed E-state index contributed by atoms with van der Waals surface area (Å²) in [5.41, 5.74) is 1.45. The van der Waals surface area contributed by atoms with Crippen LogP contribution in [0.4, 0.5) is 14.5 Å². The van der Waals surface area contributed by atoms with E-state index in [0.29, 0.717) is 50.3 Å². The molecule has 32 heavy (non-hydrogen) atoms. The molecule has 178 valence electrons. The Kier molecular flexibility index (Phi) is 4.90. The lowest BCUT2D eigenvalue weighted by atomic mass is 9.50. The first kappa shape index (κ1) is 21.6. The third-order valence-electron chi connectivity index (χ3n) is 8.67. The molecule has 0 radical (unpaired) electrons. The smallest absolute Gasteiger partial charge is 0.116 e. The van der Waals surface area contributed by atoms with Gasteiger partial charge in [-0.15, -0.1) is 0 Å². The molecule has 4 saturated carbocycles. The first-order valence-corrected chi connectivity index (χ1v) is 14.1. The average Bonchev–Trinajstić information content (AvgIpc) is 2.68. The molecule has 3 N–H and O–H groups in total. The highest BCUT2D eigenvalue weighted by atomic mass is 32.3. The molecule has 5 nitrogen and oxygen atoms in total. The predicted octanol–water partition coefficient (Wildman–Crippen LogP) is 5.09. The maximum absolute atomic E-state index is 15.5. The normalized spacial score (nSPS) is 41.3. The van der Waals surface area contributed by atoms with E-state index in [1.807, 2.05) is 6.20 Å². The van der Waals surface area contributed by atoms with Crippen LogP contribution in [0.3, 0.4) is 0 Å². The van der Waals surface area contributed by atoms with E-state index in [4.69, 9.17) is 4.98 Å². The number of aromatic nitrogens is 1. The fourth-order valence-electron chi connectivity index (χ4n) is 7.83. The molecule has 1 aliphatic heterocycles. The van der Waals surface area contributed by atoms with Crippen molar-refractivity contribution in [2.45, 2.75) is 87.6 Å². The van der Waals surface area contributed by atoms with Gasteiger partial charge in [-0.2, -0.15) is 10.6 Å². The average molecular weight is 468 g/mol. The lowest BCUT2D eigenvalue weighted by molar-refractivity contribution is -0.137. The van der Waals surface area contributed by atoms with Crippen molar-refractivity contribution in [3.8, 4) is 0 Å². The SMILES string of the molecule is OS1(O)CCN(Cc2ncc(NC34CC5CC(F)(CC(F)(C5)C3)C4)c3c2CCCC3)CC1. The number of pyridine rings is 1. The minimum absolute atomic E-state index is 0.0791. The Hall–Kier alpha value is -0.960. The van der Waals surface area contributed by atoms with E-state index in [0.717, 1.165) is 50.0 Å². The van der Waals surface area contributed by atoms with Gasteiger partial charge in [0.2, 0.25) is 0 Å². The maximum Gasteiger partial charge on any atom is 0.116 e. The van der Waals surface area contributed by atoms with Crippen molar-refractivity contribution >= 4 is 16.3 Å². The van der Waals surface area contributed by atoms with Gasteiger partial charge in [0, 0.05) is 44.4 Å². The Bertz CT molecular complexity index is 901. The molecular formula is C24H35F2N3O2S. The van der Waals surface area contributed by atoms with Crippen LogP contribution in [0.25, 0.3) is 0 Å². The van der Waals surface area contributed by atoms with Crippen molar-refractivity contribution in [2.24, 2.45) is 5.92 Å². The molecule has 7 rings (SSSR count). The Morgan fingerprint density at radius 1 is 1.00 bits per heavy atom. The van der Waals surface area contributed by atoms with E-state index in [2.05, 4.69) is 10.2 Å². The topological polar surface area (TPSA) is 68.6 Å². The molecule has 0 aromatic carbocycles. The predicted molar refractivity (Wildman–Crippen MR) is 124 cm³/mol. The minimum Gasteiger partial charge on any atom is -0.378 e. The van der Waals surface area contributed by atoms with Crippen LogP contribution in [0, 0.1) is 5.92 Å². The van der Waals surface area contributed by atoms with Gasteiger partial charge < -0.3 is 5.32 Å². The molecular weight excluding hydrogens is 432 g/mol. The standard InChI is InChI=1S/C24H35F2N3O2S/c25-22-9-17-10-23(26,14-22)16-24(11-17,15-22)28-20-12-27-21(19-4-2-1-3-18(19)20)13-29-5-7-32(30,31)8-6-29/h12,17,28,30-31H,1-11,13-16H2. The lowest BCUT2D eigenvalue weighted by Gasteiger charge is -2.61. The van der Waals surface area contributed by atoms with Gasteiger partial charge in [-0.25, -0.2) is 8.78 Å². The zero-order valence-corrected chi connectivity index (χ0v) is 19.5. The number of rotatable bonds is 4. The van der Waals surface area contributed by atoms with Crippen molar-refractivity contribution in [3.05, 3.63) is 23.0 Å². The van der Waals surface area contributed by atoms with E-state index in [-0.39, 0.29) is 12.3 Å². The van der Waals surface area contributed by atoms with Crippen LogP contribution in [0.1, 0.15) is 68.2 Å². The molecule has 5 aliphatic carbocycles. The summed E-state index contributed by atoms with van der Waals surface area (Å²) < 4.78 is 50.7. The van der Waals surface area contributed by atoms with Gasteiger partial charge in [0.05, 0.1) is 29.1 Å². The van der Waals surface area contributed by atoms with Crippen LogP contribution >= 0.6 is 10.6 Å². The van der Waals surface area contributed by atoms with Gasteiger partial charge >= 0.3 is 0 Å². The number of nitrogens with one attached hydrogen (secondary N) is 1. The summed E-state index contributed by atoms with van der Waals surface area (Å²) in [7, 11) is -2.40. The Morgan fingerprint density at radius 2 is 1.66 bits per heavy atom. The van der Waals surface area contributed by atoms with Crippen molar-refractivity contribution in [2.75, 3.05) is 29.9 Å². The number of nitrogens with zero attached hydrogens (tertiary/aromatic N) is 2. The summed E-state index contributed by atoms with van der Waals surface area (Å²) in [5.74, 6) is 1.02. The number of hydrogen-bond donors (Lipinski definition) is 3. The summed E-state index contributed by atoms with van der Waals surface area (Å²) in [6.07, 6.45) is 8.97. The zero-order valence-electron chi connectivity index (χ0n) is 18.7.